The third-order valence-electron chi connectivity index (χ3n) is 4.53. The molecule has 0 amide bonds. The Balaban J connectivity index is 2.43. The summed E-state index contributed by atoms with van der Waals surface area (Å²) in [5, 5.41) is 0. The van der Waals surface area contributed by atoms with Crippen LogP contribution in [0.4, 0.5) is 0 Å². The summed E-state index contributed by atoms with van der Waals surface area (Å²) in [5.41, 5.74) is -0.825. The summed E-state index contributed by atoms with van der Waals surface area (Å²) in [6, 6.07) is 0. The molecule has 0 aromatic heterocycles. The molecule has 1 saturated carbocycles. The lowest BCUT2D eigenvalue weighted by Gasteiger charge is -2.37. The number of esters is 1. The van der Waals surface area contributed by atoms with Crippen LogP contribution in [0.3, 0.4) is 0 Å². The molecule has 5 heteroatoms. The second-order valence-electron chi connectivity index (χ2n) is 5.91. The van der Waals surface area contributed by atoms with Crippen molar-refractivity contribution in [3.8, 4) is 12.3 Å². The Labute approximate surface area is 131 Å². The van der Waals surface area contributed by atoms with Gasteiger partial charge in [0.15, 0.2) is 0 Å². The highest BCUT2D eigenvalue weighted by Crippen LogP contribution is 2.50. The van der Waals surface area contributed by atoms with E-state index in [2.05, 4.69) is 5.92 Å². The first-order valence-corrected chi connectivity index (χ1v) is 7.67. The molecular formula is C17H24O5. The maximum atomic E-state index is 11.7. The Hall–Kier alpha value is -1.51. The summed E-state index contributed by atoms with van der Waals surface area (Å²) < 4.78 is 22.0. The molecule has 2 fully saturated rings. The van der Waals surface area contributed by atoms with Crippen molar-refractivity contribution in [3.63, 3.8) is 0 Å². The Morgan fingerprint density at radius 2 is 2.09 bits per heavy atom. The van der Waals surface area contributed by atoms with Crippen LogP contribution in [0.25, 0.3) is 0 Å². The van der Waals surface area contributed by atoms with Gasteiger partial charge in [0, 0.05) is 20.5 Å². The third kappa shape index (κ3) is 3.13. The van der Waals surface area contributed by atoms with Gasteiger partial charge in [-0.15, -0.1) is 12.3 Å². The maximum absolute atomic E-state index is 11.7. The Morgan fingerprint density at radius 3 is 2.64 bits per heavy atom. The van der Waals surface area contributed by atoms with E-state index in [0.29, 0.717) is 12.2 Å². The van der Waals surface area contributed by atoms with Crippen LogP contribution in [-0.2, 0) is 23.7 Å². The van der Waals surface area contributed by atoms with Crippen LogP contribution in [0.5, 0.6) is 0 Å². The predicted molar refractivity (Wildman–Crippen MR) is 80.4 cm³/mol. The Kier molecular flexibility index (Phi) is 5.15. The van der Waals surface area contributed by atoms with E-state index < -0.39 is 17.5 Å². The highest BCUT2D eigenvalue weighted by Gasteiger charge is 2.57. The fourth-order valence-electron chi connectivity index (χ4n) is 3.36. The number of methoxy groups -OCH3 is 2. The largest absolute Gasteiger partial charge is 0.466 e. The van der Waals surface area contributed by atoms with Gasteiger partial charge in [-0.3, -0.25) is 0 Å². The van der Waals surface area contributed by atoms with E-state index in [0.717, 1.165) is 25.7 Å². The summed E-state index contributed by atoms with van der Waals surface area (Å²) >= 11 is 0. The Bertz CT molecular complexity index is 486. The van der Waals surface area contributed by atoms with Gasteiger partial charge in [0.1, 0.15) is 11.4 Å². The predicted octanol–water partition coefficient (Wildman–Crippen LogP) is 2.75. The average Bonchev–Trinajstić information content (AvgIpc) is 2.82. The van der Waals surface area contributed by atoms with Crippen molar-refractivity contribution >= 4 is 5.97 Å². The molecule has 22 heavy (non-hydrogen) atoms. The highest BCUT2D eigenvalue weighted by molar-refractivity contribution is 5.82. The molecule has 0 spiro atoms. The molecule has 1 aliphatic heterocycles. The van der Waals surface area contributed by atoms with Crippen LogP contribution >= 0.6 is 0 Å². The van der Waals surface area contributed by atoms with Crippen LogP contribution < -0.4 is 0 Å². The monoisotopic (exact) mass is 308 g/mol. The van der Waals surface area contributed by atoms with Crippen molar-refractivity contribution in [2.75, 3.05) is 14.2 Å². The summed E-state index contributed by atoms with van der Waals surface area (Å²) in [6.45, 7) is 1.68. The minimum Gasteiger partial charge on any atom is -0.466 e. The van der Waals surface area contributed by atoms with Gasteiger partial charge in [-0.05, 0) is 18.8 Å². The van der Waals surface area contributed by atoms with Gasteiger partial charge in [0.2, 0.25) is 0 Å². The molecule has 0 N–H and O–H groups in total. The summed E-state index contributed by atoms with van der Waals surface area (Å²) in [6.07, 6.45) is 12.7. The molecule has 0 bridgehead atoms. The van der Waals surface area contributed by atoms with Crippen LogP contribution in [0, 0.1) is 18.3 Å². The molecular weight excluding hydrogens is 284 g/mol. The van der Waals surface area contributed by atoms with Crippen molar-refractivity contribution in [1.29, 1.82) is 0 Å². The molecule has 0 aromatic rings. The van der Waals surface area contributed by atoms with E-state index in [4.69, 9.17) is 25.4 Å². The zero-order chi connectivity index (χ0) is 16.2. The molecule has 0 aromatic carbocycles. The van der Waals surface area contributed by atoms with Crippen molar-refractivity contribution < 1.29 is 23.7 Å². The van der Waals surface area contributed by atoms with E-state index >= 15 is 0 Å². The van der Waals surface area contributed by atoms with E-state index in [-0.39, 0.29) is 5.92 Å². The quantitative estimate of drug-likeness (QED) is 0.454. The van der Waals surface area contributed by atoms with Crippen LogP contribution in [0.1, 0.15) is 45.4 Å². The number of carbonyl (C=O) groups is 1. The van der Waals surface area contributed by atoms with Gasteiger partial charge < -0.3 is 18.9 Å². The second-order valence-corrected chi connectivity index (χ2v) is 5.91. The lowest BCUT2D eigenvalue weighted by molar-refractivity contribution is -0.325. The SMILES string of the molecule is C#CCC1(C2CCCCC2)OC(C)(OC)O/C1=C\C(=O)OC. The van der Waals surface area contributed by atoms with Gasteiger partial charge in [-0.1, -0.05) is 19.3 Å². The molecule has 0 radical (unpaired) electrons. The zero-order valence-corrected chi connectivity index (χ0v) is 13.5. The molecule has 122 valence electrons. The minimum atomic E-state index is -1.24. The fraction of sp³-hybridized carbons (Fsp3) is 0.706. The first-order valence-electron chi connectivity index (χ1n) is 7.67. The number of hydrogen-bond acceptors (Lipinski definition) is 5. The minimum absolute atomic E-state index is 0.199. The van der Waals surface area contributed by atoms with Crippen LogP contribution in [0.2, 0.25) is 0 Å². The number of hydrogen-bond donors (Lipinski definition) is 0. The van der Waals surface area contributed by atoms with Crippen LogP contribution in [-0.4, -0.2) is 31.8 Å². The molecule has 1 saturated heterocycles. The van der Waals surface area contributed by atoms with Gasteiger partial charge in [0.05, 0.1) is 13.2 Å². The highest BCUT2D eigenvalue weighted by atomic mass is 16.9. The van der Waals surface area contributed by atoms with E-state index in [1.807, 2.05) is 0 Å². The van der Waals surface area contributed by atoms with Crippen molar-refractivity contribution in [2.45, 2.75) is 57.0 Å². The summed E-state index contributed by atoms with van der Waals surface area (Å²) in [7, 11) is 2.83. The molecule has 2 atom stereocenters. The summed E-state index contributed by atoms with van der Waals surface area (Å²) in [5.74, 6) is 1.56. The summed E-state index contributed by atoms with van der Waals surface area (Å²) in [4.78, 5) is 11.7. The lowest BCUT2D eigenvalue weighted by atomic mass is 9.74. The maximum Gasteiger partial charge on any atom is 0.333 e. The van der Waals surface area contributed by atoms with Crippen molar-refractivity contribution in [2.24, 2.45) is 5.92 Å². The van der Waals surface area contributed by atoms with Gasteiger partial charge >= 0.3 is 11.9 Å². The molecule has 1 heterocycles. The molecule has 1 aliphatic carbocycles. The van der Waals surface area contributed by atoms with Gasteiger partial charge in [0.25, 0.3) is 0 Å². The molecule has 2 aliphatic rings. The normalized spacial score (nSPS) is 34.2. The smallest absolute Gasteiger partial charge is 0.333 e. The van der Waals surface area contributed by atoms with Gasteiger partial charge in [-0.25, -0.2) is 4.79 Å². The van der Waals surface area contributed by atoms with Crippen molar-refractivity contribution in [1.82, 2.24) is 0 Å². The first kappa shape index (κ1) is 16.9. The number of carbonyl (C=O) groups excluding carboxylic acids is 1. The fourth-order valence-corrected chi connectivity index (χ4v) is 3.36. The number of ether oxygens (including phenoxy) is 4. The standard InChI is InChI=1S/C17H24O5/c1-5-11-17(13-9-7-6-8-10-13)14(12-15(18)19-3)21-16(2,20-4)22-17/h1,12-13H,6-11H2,2-4H3/b14-12-. The number of rotatable bonds is 4. The topological polar surface area (TPSA) is 54.0 Å². The van der Waals surface area contributed by atoms with E-state index in [9.17, 15) is 4.79 Å². The van der Waals surface area contributed by atoms with Gasteiger partial charge in [-0.2, -0.15) is 0 Å². The molecule has 5 nitrogen and oxygen atoms in total. The van der Waals surface area contributed by atoms with E-state index in [1.54, 1.807) is 6.92 Å². The molecule has 2 unspecified atom stereocenters. The lowest BCUT2D eigenvalue weighted by Crippen LogP contribution is -2.43. The number of terminal acetylenes is 1. The first-order chi connectivity index (χ1) is 10.5. The average molecular weight is 308 g/mol. The van der Waals surface area contributed by atoms with Crippen LogP contribution in [0.15, 0.2) is 11.8 Å². The Morgan fingerprint density at radius 1 is 1.41 bits per heavy atom. The second kappa shape index (κ2) is 6.72. The third-order valence-corrected chi connectivity index (χ3v) is 4.53. The molecule has 2 rings (SSSR count). The van der Waals surface area contributed by atoms with E-state index in [1.165, 1.54) is 26.7 Å². The van der Waals surface area contributed by atoms with Crippen molar-refractivity contribution in [3.05, 3.63) is 11.8 Å². The zero-order valence-electron chi connectivity index (χ0n) is 13.5.